The van der Waals surface area contributed by atoms with Gasteiger partial charge in [-0.15, -0.1) is 0 Å². The summed E-state index contributed by atoms with van der Waals surface area (Å²) in [5, 5.41) is 3.53. The second-order valence-corrected chi connectivity index (χ2v) is 93.8. The van der Waals surface area contributed by atoms with Crippen molar-refractivity contribution >= 4 is 108 Å². The Bertz CT molecular complexity index is 2050. The molecule has 2 aromatic carbocycles. The summed E-state index contributed by atoms with van der Waals surface area (Å²) in [4.78, 5) is 0. The van der Waals surface area contributed by atoms with Crippen molar-refractivity contribution in [2.75, 3.05) is 137 Å². The minimum absolute atomic E-state index is 0. The van der Waals surface area contributed by atoms with Gasteiger partial charge in [0.25, 0.3) is 0 Å². The average molecular weight is 1570 g/mol. The van der Waals surface area contributed by atoms with Crippen LogP contribution in [0.2, 0.25) is 174 Å². The van der Waals surface area contributed by atoms with Gasteiger partial charge >= 0.3 is 103 Å². The van der Waals surface area contributed by atoms with E-state index in [4.69, 9.17) is 0 Å². The average Bonchev–Trinajstić information content (AvgIpc) is 1.49. The summed E-state index contributed by atoms with van der Waals surface area (Å²) >= 11 is 0. The zero-order chi connectivity index (χ0) is 73.0. The third kappa shape index (κ3) is 30.3. The van der Waals surface area contributed by atoms with E-state index in [-0.39, 0.29) is 103 Å². The molecule has 0 radical (unpaired) electrons. The third-order valence-corrected chi connectivity index (χ3v) is 106. The SMILES string of the molecule is COCCOC.COCCOC.COCCOC.COCCOC.COCCOC.Cc1cc(C)c([Si-]=[Si]2C([Si](C)(C)C)([Si](C)(C)C)CCC2([Si](C)(C)C)[Si](C)(C)C)c(C)c1.Cc1cc(C)c([Si-]=[Si]2C([Si](C)(C)C)([Si](C)(C)C)CCC2([Si](C)(C)C)[Si](C)(C)C)c(C)c1.[K+].[K+]. The minimum Gasteiger partial charge on any atom is -0.420 e. The van der Waals surface area contributed by atoms with Gasteiger partial charge in [0.15, 0.2) is 0 Å². The van der Waals surface area contributed by atoms with Gasteiger partial charge in [-0.3, -0.25) is 0 Å². The molecule has 0 aromatic heterocycles. The van der Waals surface area contributed by atoms with E-state index in [1.54, 1.807) is 129 Å². The van der Waals surface area contributed by atoms with Crippen molar-refractivity contribution < 1.29 is 150 Å². The molecule has 0 aliphatic carbocycles. The molecule has 2 fully saturated rings. The second kappa shape index (κ2) is 48.3. The monoisotopic (exact) mass is 1570 g/mol. The van der Waals surface area contributed by atoms with Crippen molar-refractivity contribution in [2.45, 2.75) is 241 Å². The van der Waals surface area contributed by atoms with Crippen molar-refractivity contribution in [3.05, 3.63) is 57.6 Å². The van der Waals surface area contributed by atoms with Gasteiger partial charge in [-0.25, -0.2) is 26.2 Å². The Morgan fingerprint density at radius 1 is 0.266 bits per heavy atom. The smallest absolute Gasteiger partial charge is 0.420 e. The van der Waals surface area contributed by atoms with Crippen LogP contribution >= 0.6 is 0 Å². The molecule has 2 aliphatic rings. The van der Waals surface area contributed by atoms with Gasteiger partial charge in [-0.05, 0) is 41.5 Å². The van der Waals surface area contributed by atoms with E-state index in [1.807, 2.05) is 0 Å². The molecule has 0 saturated carbocycles. The van der Waals surface area contributed by atoms with Crippen LogP contribution in [-0.2, 0) is 47.4 Å². The molecule has 0 amide bonds. The number of methoxy groups -OCH3 is 10. The van der Waals surface area contributed by atoms with E-state index in [0.29, 0.717) is 66.1 Å². The molecule has 2 saturated heterocycles. The zero-order valence-electron chi connectivity index (χ0n) is 70.3. The van der Waals surface area contributed by atoms with E-state index in [1.165, 1.54) is 11.1 Å². The van der Waals surface area contributed by atoms with E-state index < -0.39 is 80.4 Å². The molecule has 10 nitrogen and oxygen atoms in total. The summed E-state index contributed by atoms with van der Waals surface area (Å²) < 4.78 is 49.5. The summed E-state index contributed by atoms with van der Waals surface area (Å²) in [5.41, 5.74) is 9.22. The van der Waals surface area contributed by atoms with Crippen LogP contribution < -0.4 is 113 Å². The van der Waals surface area contributed by atoms with Gasteiger partial charge in [0.1, 0.15) is 0 Å². The first-order valence-electron chi connectivity index (χ1n) is 34.2. The van der Waals surface area contributed by atoms with Gasteiger partial charge in [-0.2, -0.15) is 0 Å². The van der Waals surface area contributed by atoms with Crippen LogP contribution in [0.3, 0.4) is 0 Å². The minimum atomic E-state index is -1.36. The third-order valence-electron chi connectivity index (χ3n) is 20.0. The standard InChI is InChI=1S/2C25H51Si6.5C4H10O2.2K/c2*1-20-18-21(2)23(22(3)19-20)26-27-24(28(4,5)6,29(7,8)9)16-17-25(27,30(10,11)12)31(13,14)15;5*1-5-3-4-6-2;;/h2*18-19H,16-17H2,1-15H3;5*3-4H2,1-2H3;;/q2*-1;;;;;;2*+1. The summed E-state index contributed by atoms with van der Waals surface area (Å²) in [6.45, 7) is 87.4. The number of benzene rings is 2. The van der Waals surface area contributed by atoms with Crippen molar-refractivity contribution in [1.82, 2.24) is 0 Å². The zero-order valence-corrected chi connectivity index (χ0v) is 88.5. The summed E-state index contributed by atoms with van der Waals surface area (Å²) in [6.07, 6.45) is 6.27. The maximum absolute atomic E-state index is 4.66. The van der Waals surface area contributed by atoms with E-state index in [0.717, 1.165) is 34.4 Å². The molecule has 0 bridgehead atoms. The van der Waals surface area contributed by atoms with Crippen LogP contribution in [-0.4, -0.2) is 235 Å². The van der Waals surface area contributed by atoms with Crippen LogP contribution in [0.1, 0.15) is 59.1 Å². The number of ether oxygens (including phenoxy) is 10. The topological polar surface area (TPSA) is 92.3 Å². The molecule has 0 spiro atoms. The van der Waals surface area contributed by atoms with Gasteiger partial charge in [0.2, 0.25) is 0 Å². The summed E-state index contributed by atoms with van der Waals surface area (Å²) in [7, 11) is 6.67. The molecule has 4 rings (SSSR count). The molecule has 94 heavy (non-hydrogen) atoms. The fraction of sp³-hybridized carbons (Fsp3) is 0.829. The van der Waals surface area contributed by atoms with Crippen LogP contribution in [0.4, 0.5) is 0 Å². The Morgan fingerprint density at radius 3 is 0.479 bits per heavy atom. The second-order valence-electron chi connectivity index (χ2n) is 34.1. The van der Waals surface area contributed by atoms with Crippen molar-refractivity contribution in [1.29, 1.82) is 0 Å². The molecule has 0 unspecified atom stereocenters. The van der Waals surface area contributed by atoms with Gasteiger partial charge in [0, 0.05) is 136 Å². The van der Waals surface area contributed by atoms with Crippen LogP contribution in [0.15, 0.2) is 24.3 Å². The molecule has 542 valence electrons. The summed E-state index contributed by atoms with van der Waals surface area (Å²) in [5.74, 6) is 0. The Labute approximate surface area is 685 Å². The van der Waals surface area contributed by atoms with Crippen molar-refractivity contribution in [2.24, 2.45) is 0 Å². The summed E-state index contributed by atoms with van der Waals surface area (Å²) in [6, 6.07) is 9.90. The predicted molar refractivity (Wildman–Crippen MR) is 438 cm³/mol. The fourth-order valence-corrected chi connectivity index (χ4v) is 137. The first-order valence-corrected chi connectivity index (χ1v) is 69.2. The molecule has 2 aromatic rings. The number of rotatable bonds is 25. The van der Waals surface area contributed by atoms with Crippen LogP contribution in [0, 0.1) is 41.5 Å². The maximum Gasteiger partial charge on any atom is 1.00 e. The first-order chi connectivity index (χ1) is 41.8. The Morgan fingerprint density at radius 2 is 0.383 bits per heavy atom. The Hall–Kier alpha value is 3.92. The molecule has 2 heterocycles. The first kappa shape index (κ1) is 107. The van der Waals surface area contributed by atoms with Gasteiger partial charge in [0.05, 0.1) is 66.1 Å². The van der Waals surface area contributed by atoms with Crippen molar-refractivity contribution in [3.8, 4) is 0 Å². The van der Waals surface area contributed by atoms with Crippen molar-refractivity contribution in [3.63, 3.8) is 0 Å². The van der Waals surface area contributed by atoms with E-state index >= 15 is 0 Å². The largest absolute Gasteiger partial charge is 1.00 e. The number of aryl methyl sites for hydroxylation is 6. The molecular formula is C70H152K2O10Si12. The maximum atomic E-state index is 4.66. The van der Waals surface area contributed by atoms with E-state index in [2.05, 4.69) is 270 Å². The molecule has 0 N–H and O–H groups in total. The predicted octanol–water partition coefficient (Wildman–Crippen LogP) is 10.8. The van der Waals surface area contributed by atoms with Gasteiger partial charge in [-0.1, -0.05) is 258 Å². The molecule has 0 atom stereocenters. The number of hydrogen-bond donors (Lipinski definition) is 0. The quantitative estimate of drug-likeness (QED) is 0.0707. The van der Waals surface area contributed by atoms with Crippen LogP contribution in [0.25, 0.3) is 0 Å². The molecule has 24 heteroatoms. The van der Waals surface area contributed by atoms with Gasteiger partial charge < -0.3 is 64.6 Å². The fourth-order valence-electron chi connectivity index (χ4n) is 16.7. The molecule has 2 aliphatic heterocycles. The van der Waals surface area contributed by atoms with Crippen LogP contribution in [0.5, 0.6) is 0 Å². The Kier molecular flexibility index (Phi) is 54.7. The molecular weight excluding hydrogens is 1420 g/mol. The Balaban J connectivity index is -0.000000386. The normalized spacial score (nSPS) is 15.8. The number of hydrogen-bond acceptors (Lipinski definition) is 10. The van der Waals surface area contributed by atoms with E-state index in [9.17, 15) is 0 Å².